The molecule has 33 heavy (non-hydrogen) atoms. The predicted octanol–water partition coefficient (Wildman–Crippen LogP) is 2.87. The van der Waals surface area contributed by atoms with Gasteiger partial charge in [-0.25, -0.2) is 14.4 Å². The maximum Gasteiger partial charge on any atom is 0.343 e. The maximum atomic E-state index is 12.2. The molecule has 1 N–H and O–H groups in total. The molecule has 0 heterocycles. The Morgan fingerprint density at radius 1 is 0.758 bits per heavy atom. The van der Waals surface area contributed by atoms with Crippen LogP contribution in [-0.4, -0.2) is 64.6 Å². The summed E-state index contributed by atoms with van der Waals surface area (Å²) in [5.74, 6) is -1.19. The van der Waals surface area contributed by atoms with Gasteiger partial charge in [-0.3, -0.25) is 0 Å². The van der Waals surface area contributed by atoms with Crippen molar-refractivity contribution in [3.05, 3.63) is 72.3 Å². The van der Waals surface area contributed by atoms with Crippen LogP contribution in [0.25, 0.3) is 0 Å². The summed E-state index contributed by atoms with van der Waals surface area (Å²) in [5, 5.41) is 2.97. The first kappa shape index (κ1) is 25.6. The third kappa shape index (κ3) is 9.55. The Morgan fingerprint density at radius 2 is 1.27 bits per heavy atom. The molecule has 0 aliphatic rings. The van der Waals surface area contributed by atoms with Gasteiger partial charge in [0.1, 0.15) is 19.0 Å². The van der Waals surface area contributed by atoms with E-state index in [0.717, 1.165) is 11.8 Å². The topological polar surface area (TPSA) is 109 Å². The molecule has 0 atom stereocenters. The number of ether oxygens (including phenoxy) is 5. The van der Waals surface area contributed by atoms with Gasteiger partial charge in [0.2, 0.25) is 0 Å². The summed E-state index contributed by atoms with van der Waals surface area (Å²) in [5.41, 5.74) is 1.63. The van der Waals surface area contributed by atoms with Crippen molar-refractivity contribution in [1.82, 2.24) is 0 Å². The van der Waals surface area contributed by atoms with Crippen molar-refractivity contribution in [2.75, 3.05) is 52.0 Å². The van der Waals surface area contributed by atoms with Crippen molar-refractivity contribution in [3.63, 3.8) is 0 Å². The molecule has 0 bridgehead atoms. The largest absolute Gasteiger partial charge is 0.460 e. The minimum absolute atomic E-state index is 0.0785. The summed E-state index contributed by atoms with van der Waals surface area (Å²) in [6.07, 6.45) is 1.08. The molecule has 2 aromatic carbocycles. The Labute approximate surface area is 192 Å². The zero-order valence-electron chi connectivity index (χ0n) is 18.4. The molecule has 0 fully saturated rings. The quantitative estimate of drug-likeness (QED) is 0.198. The number of hydrogen-bond acceptors (Lipinski definition) is 9. The number of esters is 3. The molecule has 0 aliphatic heterocycles. The van der Waals surface area contributed by atoms with E-state index in [1.54, 1.807) is 31.3 Å². The van der Waals surface area contributed by atoms with Gasteiger partial charge < -0.3 is 29.0 Å². The minimum atomic E-state index is -0.514. The van der Waals surface area contributed by atoms with Crippen molar-refractivity contribution in [3.8, 4) is 5.75 Å². The molecular weight excluding hydrogens is 430 g/mol. The van der Waals surface area contributed by atoms with E-state index in [1.165, 1.54) is 24.3 Å². The van der Waals surface area contributed by atoms with Crippen LogP contribution in [0, 0.1) is 0 Å². The fraction of sp³-hybridized carbons (Fsp3) is 0.292. The molecule has 0 aliphatic carbocycles. The van der Waals surface area contributed by atoms with Gasteiger partial charge in [-0.15, -0.1) is 0 Å². The molecule has 0 aromatic heterocycles. The molecule has 0 amide bonds. The smallest absolute Gasteiger partial charge is 0.343 e. The number of carbonyl (C=O) groups is 3. The highest BCUT2D eigenvalue weighted by Gasteiger charge is 2.11. The lowest BCUT2D eigenvalue weighted by molar-refractivity contribution is -0.139. The van der Waals surface area contributed by atoms with E-state index in [4.69, 9.17) is 23.7 Å². The van der Waals surface area contributed by atoms with E-state index in [9.17, 15) is 14.4 Å². The first-order valence-corrected chi connectivity index (χ1v) is 10.3. The average molecular weight is 457 g/mol. The zero-order valence-corrected chi connectivity index (χ0v) is 18.4. The molecule has 0 radical (unpaired) electrons. The lowest BCUT2D eigenvalue weighted by Crippen LogP contribution is -2.14. The van der Waals surface area contributed by atoms with Crippen molar-refractivity contribution in [1.29, 1.82) is 0 Å². The summed E-state index contributed by atoms with van der Waals surface area (Å²) in [6, 6.07) is 13.0. The number of hydrogen-bond donors (Lipinski definition) is 1. The Bertz CT molecular complexity index is 909. The van der Waals surface area contributed by atoms with Crippen LogP contribution in [0.2, 0.25) is 0 Å². The van der Waals surface area contributed by atoms with Gasteiger partial charge in [-0.2, -0.15) is 0 Å². The van der Waals surface area contributed by atoms with E-state index < -0.39 is 17.9 Å². The van der Waals surface area contributed by atoms with Crippen LogP contribution in [0.4, 0.5) is 5.69 Å². The lowest BCUT2D eigenvalue weighted by Gasteiger charge is -2.08. The second-order valence-electron chi connectivity index (χ2n) is 6.47. The summed E-state index contributed by atoms with van der Waals surface area (Å²) in [6.45, 7) is 4.60. The van der Waals surface area contributed by atoms with Gasteiger partial charge in [0.15, 0.2) is 0 Å². The fourth-order valence-corrected chi connectivity index (χ4v) is 2.46. The van der Waals surface area contributed by atoms with Gasteiger partial charge in [-0.05, 0) is 48.5 Å². The first-order chi connectivity index (χ1) is 16.0. The van der Waals surface area contributed by atoms with Crippen molar-refractivity contribution in [2.24, 2.45) is 0 Å². The molecule has 0 saturated carbocycles. The van der Waals surface area contributed by atoms with E-state index in [2.05, 4.69) is 11.9 Å². The molecule has 2 rings (SSSR count). The molecule has 0 unspecified atom stereocenters. The van der Waals surface area contributed by atoms with E-state index in [1.807, 2.05) is 0 Å². The summed E-state index contributed by atoms with van der Waals surface area (Å²) < 4.78 is 25.7. The highest BCUT2D eigenvalue weighted by atomic mass is 16.6. The molecule has 9 nitrogen and oxygen atoms in total. The van der Waals surface area contributed by atoms with Crippen LogP contribution < -0.4 is 10.1 Å². The van der Waals surface area contributed by atoms with Crippen LogP contribution in [-0.2, 0) is 23.7 Å². The molecular formula is C24H27NO8. The Balaban J connectivity index is 1.61. The van der Waals surface area contributed by atoms with Crippen LogP contribution in [0.5, 0.6) is 5.75 Å². The Hall–Kier alpha value is -3.69. The second-order valence-corrected chi connectivity index (χ2v) is 6.47. The number of carbonyl (C=O) groups excluding carboxylic acids is 3. The van der Waals surface area contributed by atoms with Crippen LogP contribution in [0.1, 0.15) is 20.7 Å². The predicted molar refractivity (Wildman–Crippen MR) is 120 cm³/mol. The molecule has 0 saturated heterocycles. The SMILES string of the molecule is C=CC(=O)OCCOCCOCCOC(=O)c1ccc(OC(=O)c2ccc(NC)cc2)cc1. The number of anilines is 1. The fourth-order valence-electron chi connectivity index (χ4n) is 2.46. The van der Waals surface area contributed by atoms with Gasteiger partial charge in [0.05, 0.1) is 37.6 Å². The molecule has 2 aromatic rings. The second kappa shape index (κ2) is 14.4. The van der Waals surface area contributed by atoms with E-state index >= 15 is 0 Å². The van der Waals surface area contributed by atoms with Gasteiger partial charge >= 0.3 is 17.9 Å². The zero-order chi connectivity index (χ0) is 23.9. The van der Waals surface area contributed by atoms with E-state index in [0.29, 0.717) is 30.1 Å². The van der Waals surface area contributed by atoms with Crippen molar-refractivity contribution < 1.29 is 38.1 Å². The number of rotatable bonds is 14. The van der Waals surface area contributed by atoms with Gasteiger partial charge in [-0.1, -0.05) is 6.58 Å². The lowest BCUT2D eigenvalue weighted by atomic mass is 10.2. The van der Waals surface area contributed by atoms with E-state index in [-0.39, 0.29) is 26.4 Å². The van der Waals surface area contributed by atoms with Crippen molar-refractivity contribution >= 4 is 23.6 Å². The standard InChI is InChI=1S/C24H27NO8/c1-3-22(26)31-16-14-29-12-13-30-15-17-32-23(27)18-6-10-21(11-7-18)33-24(28)19-4-8-20(25-2)9-5-19/h3-11,25H,1,12-17H2,2H3. The third-order valence-electron chi connectivity index (χ3n) is 4.18. The molecule has 176 valence electrons. The normalized spacial score (nSPS) is 10.2. The molecule has 0 spiro atoms. The Morgan fingerprint density at radius 3 is 1.85 bits per heavy atom. The summed E-state index contributed by atoms with van der Waals surface area (Å²) in [4.78, 5) is 35.1. The highest BCUT2D eigenvalue weighted by molar-refractivity contribution is 5.92. The number of benzene rings is 2. The highest BCUT2D eigenvalue weighted by Crippen LogP contribution is 2.16. The number of nitrogens with one attached hydrogen (secondary N) is 1. The van der Waals surface area contributed by atoms with Gasteiger partial charge in [0.25, 0.3) is 0 Å². The third-order valence-corrected chi connectivity index (χ3v) is 4.18. The average Bonchev–Trinajstić information content (AvgIpc) is 2.85. The van der Waals surface area contributed by atoms with Gasteiger partial charge in [0, 0.05) is 18.8 Å². The van der Waals surface area contributed by atoms with Crippen molar-refractivity contribution in [2.45, 2.75) is 0 Å². The first-order valence-electron chi connectivity index (χ1n) is 10.3. The summed E-state index contributed by atoms with van der Waals surface area (Å²) in [7, 11) is 1.79. The Kier molecular flexibility index (Phi) is 11.1. The minimum Gasteiger partial charge on any atom is -0.460 e. The maximum absolute atomic E-state index is 12.2. The summed E-state index contributed by atoms with van der Waals surface area (Å²) >= 11 is 0. The monoisotopic (exact) mass is 457 g/mol. The van der Waals surface area contributed by atoms with Crippen LogP contribution in [0.3, 0.4) is 0 Å². The van der Waals surface area contributed by atoms with Crippen LogP contribution in [0.15, 0.2) is 61.2 Å². The molecule has 9 heteroatoms. The van der Waals surface area contributed by atoms with Crippen LogP contribution >= 0.6 is 0 Å².